The van der Waals surface area contributed by atoms with Gasteiger partial charge in [-0.05, 0) is 23.6 Å². The molecular formula is C12H12N2O2S. The third kappa shape index (κ3) is 2.57. The lowest BCUT2D eigenvalue weighted by atomic mass is 10.1. The second-order valence-electron chi connectivity index (χ2n) is 3.42. The number of thioether (sulfide) groups is 1. The van der Waals surface area contributed by atoms with Crippen molar-refractivity contribution in [3.63, 3.8) is 0 Å². The number of anilines is 1. The van der Waals surface area contributed by atoms with Crippen LogP contribution in [0.15, 0.2) is 41.6 Å². The minimum Gasteiger partial charge on any atom is -0.266 e. The Labute approximate surface area is 103 Å². The second kappa shape index (κ2) is 5.65. The van der Waals surface area contributed by atoms with Crippen molar-refractivity contribution < 1.29 is 4.84 Å². The lowest BCUT2D eigenvalue weighted by molar-refractivity contribution is 0.253. The van der Waals surface area contributed by atoms with Gasteiger partial charge in [-0.2, -0.15) is 0 Å². The molecule has 2 aromatic carbocycles. The normalized spacial score (nSPS) is 10.4. The Bertz CT molecular complexity index is 531. The fourth-order valence-corrected chi connectivity index (χ4v) is 1.79. The standard InChI is InChI=1S/C12H12N2O2S/c1-17-8-16-14-12-7-6-11(13-15)9-4-2-3-5-10(9)12/h2-7,14H,8H2,1H3. The van der Waals surface area contributed by atoms with E-state index in [9.17, 15) is 4.91 Å². The maximum Gasteiger partial charge on any atom is 0.120 e. The third-order valence-electron chi connectivity index (χ3n) is 2.36. The summed E-state index contributed by atoms with van der Waals surface area (Å²) < 4.78 is 0. The molecule has 0 heterocycles. The van der Waals surface area contributed by atoms with Crippen molar-refractivity contribution in [1.29, 1.82) is 0 Å². The van der Waals surface area contributed by atoms with Crippen LogP contribution in [0.4, 0.5) is 11.4 Å². The fourth-order valence-electron chi connectivity index (χ4n) is 1.62. The van der Waals surface area contributed by atoms with E-state index in [0.717, 1.165) is 16.5 Å². The predicted octanol–water partition coefficient (Wildman–Crippen LogP) is 3.90. The SMILES string of the molecule is CSCONc1ccc(N=O)c2ccccc12. The van der Waals surface area contributed by atoms with Gasteiger partial charge >= 0.3 is 0 Å². The zero-order valence-corrected chi connectivity index (χ0v) is 10.2. The first-order valence-electron chi connectivity index (χ1n) is 5.08. The van der Waals surface area contributed by atoms with Crippen LogP contribution in [0.2, 0.25) is 0 Å². The summed E-state index contributed by atoms with van der Waals surface area (Å²) >= 11 is 1.58. The van der Waals surface area contributed by atoms with E-state index in [1.54, 1.807) is 23.9 Å². The van der Waals surface area contributed by atoms with E-state index in [-0.39, 0.29) is 0 Å². The Hall–Kier alpha value is -1.59. The molecule has 0 spiro atoms. The number of nitrogens with zero attached hydrogens (tertiary/aromatic N) is 1. The molecule has 0 aliphatic rings. The topological polar surface area (TPSA) is 50.7 Å². The van der Waals surface area contributed by atoms with Crippen molar-refractivity contribution in [1.82, 2.24) is 0 Å². The molecule has 2 rings (SSSR count). The first kappa shape index (κ1) is 11.9. The Balaban J connectivity index is 2.40. The van der Waals surface area contributed by atoms with Crippen molar-refractivity contribution in [3.05, 3.63) is 41.3 Å². The number of hydrogen-bond donors (Lipinski definition) is 1. The maximum absolute atomic E-state index is 10.7. The Kier molecular flexibility index (Phi) is 3.95. The van der Waals surface area contributed by atoms with Gasteiger partial charge in [0.25, 0.3) is 0 Å². The van der Waals surface area contributed by atoms with Gasteiger partial charge < -0.3 is 0 Å². The van der Waals surface area contributed by atoms with Crippen molar-refractivity contribution in [2.45, 2.75) is 0 Å². The molecule has 0 unspecified atom stereocenters. The van der Waals surface area contributed by atoms with Gasteiger partial charge in [0.2, 0.25) is 0 Å². The minimum absolute atomic E-state index is 0.441. The van der Waals surface area contributed by atoms with E-state index < -0.39 is 0 Å². The number of rotatable bonds is 5. The van der Waals surface area contributed by atoms with Gasteiger partial charge in [-0.1, -0.05) is 24.3 Å². The quantitative estimate of drug-likeness (QED) is 0.377. The van der Waals surface area contributed by atoms with E-state index in [1.807, 2.05) is 30.5 Å². The fraction of sp³-hybridized carbons (Fsp3) is 0.167. The molecule has 0 bridgehead atoms. The Morgan fingerprint density at radius 2 is 2.00 bits per heavy atom. The molecule has 0 aliphatic heterocycles. The summed E-state index contributed by atoms with van der Waals surface area (Å²) in [4.78, 5) is 15.9. The molecule has 1 N–H and O–H groups in total. The highest BCUT2D eigenvalue weighted by Gasteiger charge is 2.05. The van der Waals surface area contributed by atoms with E-state index >= 15 is 0 Å². The number of nitrogens with one attached hydrogen (secondary N) is 1. The van der Waals surface area contributed by atoms with Gasteiger partial charge in [0.05, 0.1) is 5.69 Å². The van der Waals surface area contributed by atoms with Crippen molar-refractivity contribution >= 4 is 33.9 Å². The summed E-state index contributed by atoms with van der Waals surface area (Å²) in [6, 6.07) is 11.1. The zero-order chi connectivity index (χ0) is 12.1. The molecule has 4 nitrogen and oxygen atoms in total. The summed E-state index contributed by atoms with van der Waals surface area (Å²) in [6.07, 6.45) is 1.96. The molecule has 5 heteroatoms. The highest BCUT2D eigenvalue weighted by Crippen LogP contribution is 2.31. The van der Waals surface area contributed by atoms with Crippen LogP contribution in [-0.2, 0) is 4.84 Å². The summed E-state index contributed by atoms with van der Waals surface area (Å²) in [5, 5.41) is 4.76. The number of nitroso groups, excluding NO2 is 1. The molecule has 0 aliphatic carbocycles. The Morgan fingerprint density at radius 1 is 1.24 bits per heavy atom. The van der Waals surface area contributed by atoms with E-state index in [2.05, 4.69) is 10.7 Å². The molecule has 0 radical (unpaired) electrons. The van der Waals surface area contributed by atoms with Crippen LogP contribution in [-0.4, -0.2) is 12.2 Å². The first-order chi connectivity index (χ1) is 8.36. The highest BCUT2D eigenvalue weighted by molar-refractivity contribution is 7.98. The van der Waals surface area contributed by atoms with E-state index in [0.29, 0.717) is 11.6 Å². The second-order valence-corrected chi connectivity index (χ2v) is 4.24. The van der Waals surface area contributed by atoms with Gasteiger partial charge in [-0.25, -0.2) is 0 Å². The average Bonchev–Trinajstić information content (AvgIpc) is 2.39. The monoisotopic (exact) mass is 248 g/mol. The summed E-state index contributed by atoms with van der Waals surface area (Å²) in [5.74, 6) is 0.558. The lowest BCUT2D eigenvalue weighted by Crippen LogP contribution is -2.00. The molecule has 17 heavy (non-hydrogen) atoms. The molecule has 88 valence electrons. The minimum atomic E-state index is 0.441. The maximum atomic E-state index is 10.7. The van der Waals surface area contributed by atoms with E-state index in [1.165, 1.54) is 0 Å². The van der Waals surface area contributed by atoms with Gasteiger partial charge in [-0.3, -0.25) is 10.3 Å². The molecule has 0 atom stereocenters. The van der Waals surface area contributed by atoms with Crippen LogP contribution in [0.3, 0.4) is 0 Å². The van der Waals surface area contributed by atoms with Crippen molar-refractivity contribution in [2.24, 2.45) is 5.18 Å². The number of fused-ring (bicyclic) bond motifs is 1. The van der Waals surface area contributed by atoms with Crippen LogP contribution in [0.1, 0.15) is 0 Å². The van der Waals surface area contributed by atoms with Gasteiger partial charge in [0, 0.05) is 10.8 Å². The first-order valence-corrected chi connectivity index (χ1v) is 6.48. The summed E-state index contributed by atoms with van der Waals surface area (Å²) in [7, 11) is 0. The van der Waals surface area contributed by atoms with Crippen molar-refractivity contribution in [3.8, 4) is 0 Å². The summed E-state index contributed by atoms with van der Waals surface area (Å²) in [5.41, 5.74) is 4.15. The molecule has 2 aromatic rings. The van der Waals surface area contributed by atoms with Crippen LogP contribution < -0.4 is 5.48 Å². The Morgan fingerprint density at radius 3 is 2.71 bits per heavy atom. The average molecular weight is 248 g/mol. The molecular weight excluding hydrogens is 236 g/mol. The van der Waals surface area contributed by atoms with Crippen LogP contribution in [0.25, 0.3) is 10.8 Å². The van der Waals surface area contributed by atoms with Gasteiger partial charge in [0.1, 0.15) is 11.6 Å². The van der Waals surface area contributed by atoms with Gasteiger partial charge in [0.15, 0.2) is 0 Å². The van der Waals surface area contributed by atoms with Crippen LogP contribution >= 0.6 is 11.8 Å². The van der Waals surface area contributed by atoms with Crippen LogP contribution in [0, 0.1) is 4.91 Å². The highest BCUT2D eigenvalue weighted by atomic mass is 32.2. The summed E-state index contributed by atoms with van der Waals surface area (Å²) in [6.45, 7) is 0. The van der Waals surface area contributed by atoms with Crippen molar-refractivity contribution in [2.75, 3.05) is 17.7 Å². The predicted molar refractivity (Wildman–Crippen MR) is 72.5 cm³/mol. The largest absolute Gasteiger partial charge is 0.266 e. The molecule has 0 saturated carbocycles. The van der Waals surface area contributed by atoms with Crippen LogP contribution in [0.5, 0.6) is 0 Å². The lowest BCUT2D eigenvalue weighted by Gasteiger charge is -2.09. The molecule has 0 saturated heterocycles. The molecule has 0 aromatic heterocycles. The molecule has 0 fully saturated rings. The third-order valence-corrected chi connectivity index (χ3v) is 2.71. The van der Waals surface area contributed by atoms with Gasteiger partial charge in [-0.15, -0.1) is 16.7 Å². The number of hydrogen-bond acceptors (Lipinski definition) is 5. The number of benzene rings is 2. The van der Waals surface area contributed by atoms with E-state index in [4.69, 9.17) is 4.84 Å². The molecule has 0 amide bonds. The smallest absolute Gasteiger partial charge is 0.120 e. The zero-order valence-electron chi connectivity index (χ0n) is 9.34.